The van der Waals surface area contributed by atoms with E-state index >= 15 is 0 Å². The van der Waals surface area contributed by atoms with E-state index in [4.69, 9.17) is 16.0 Å². The normalized spacial score (nSPS) is 18.8. The Morgan fingerprint density at radius 1 is 1.37 bits per heavy atom. The van der Waals surface area contributed by atoms with Crippen molar-refractivity contribution in [2.45, 2.75) is 5.37 Å². The fourth-order valence-corrected chi connectivity index (χ4v) is 3.60. The number of thioether (sulfide) groups is 1. The molecule has 98 valence electrons. The van der Waals surface area contributed by atoms with Gasteiger partial charge in [0.25, 0.3) is 5.91 Å². The SMILES string of the molecule is O=C(c1ccco1)N1CCSC1c1cccc(Cl)c1. The number of rotatable bonds is 2. The van der Waals surface area contributed by atoms with E-state index in [2.05, 4.69) is 0 Å². The highest BCUT2D eigenvalue weighted by Crippen LogP contribution is 2.39. The van der Waals surface area contributed by atoms with Crippen molar-refractivity contribution in [3.8, 4) is 0 Å². The molecule has 0 radical (unpaired) electrons. The van der Waals surface area contributed by atoms with Crippen LogP contribution in [0.15, 0.2) is 47.1 Å². The van der Waals surface area contributed by atoms with Crippen molar-refractivity contribution < 1.29 is 9.21 Å². The second-order valence-corrected chi connectivity index (χ2v) is 5.88. The van der Waals surface area contributed by atoms with Gasteiger partial charge in [0.05, 0.1) is 6.26 Å². The molecule has 1 aromatic carbocycles. The quantitative estimate of drug-likeness (QED) is 0.844. The van der Waals surface area contributed by atoms with E-state index in [1.807, 2.05) is 29.2 Å². The standard InChI is InChI=1S/C14H12ClNO2S/c15-11-4-1-3-10(9-11)14-16(6-8-19-14)13(17)12-5-2-7-18-12/h1-5,7,9,14H,6,8H2. The molecule has 1 amide bonds. The van der Waals surface area contributed by atoms with Gasteiger partial charge in [-0.3, -0.25) is 4.79 Å². The van der Waals surface area contributed by atoms with Crippen LogP contribution in [0.25, 0.3) is 0 Å². The molecule has 1 unspecified atom stereocenters. The molecule has 3 rings (SSSR count). The summed E-state index contributed by atoms with van der Waals surface area (Å²) in [5.41, 5.74) is 1.05. The highest BCUT2D eigenvalue weighted by atomic mass is 35.5. The second kappa shape index (κ2) is 5.31. The van der Waals surface area contributed by atoms with Crippen LogP contribution in [0.4, 0.5) is 0 Å². The number of nitrogens with zero attached hydrogens (tertiary/aromatic N) is 1. The first-order valence-corrected chi connectivity index (χ1v) is 7.40. The van der Waals surface area contributed by atoms with Gasteiger partial charge in [-0.15, -0.1) is 11.8 Å². The number of carbonyl (C=O) groups excluding carboxylic acids is 1. The average molecular weight is 294 g/mol. The summed E-state index contributed by atoms with van der Waals surface area (Å²) in [7, 11) is 0. The van der Waals surface area contributed by atoms with Gasteiger partial charge in [0.15, 0.2) is 5.76 Å². The van der Waals surface area contributed by atoms with Crippen molar-refractivity contribution in [3.63, 3.8) is 0 Å². The lowest BCUT2D eigenvalue weighted by Crippen LogP contribution is -2.30. The summed E-state index contributed by atoms with van der Waals surface area (Å²) in [4.78, 5) is 14.2. The van der Waals surface area contributed by atoms with Crippen LogP contribution in [0.3, 0.4) is 0 Å². The van der Waals surface area contributed by atoms with Crippen LogP contribution in [0.2, 0.25) is 5.02 Å². The van der Waals surface area contributed by atoms with Gasteiger partial charge in [-0.05, 0) is 29.8 Å². The lowest BCUT2D eigenvalue weighted by molar-refractivity contribution is 0.0728. The van der Waals surface area contributed by atoms with E-state index < -0.39 is 0 Å². The minimum Gasteiger partial charge on any atom is -0.459 e. The van der Waals surface area contributed by atoms with E-state index in [1.165, 1.54) is 6.26 Å². The van der Waals surface area contributed by atoms with Crippen molar-refractivity contribution in [2.75, 3.05) is 12.3 Å². The number of furan rings is 1. The third-order valence-electron chi connectivity index (χ3n) is 3.02. The fourth-order valence-electron chi connectivity index (χ4n) is 2.16. The number of hydrogen-bond donors (Lipinski definition) is 0. The number of benzene rings is 1. The molecule has 0 saturated carbocycles. The van der Waals surface area contributed by atoms with Crippen LogP contribution in [-0.2, 0) is 0 Å². The Kier molecular flexibility index (Phi) is 3.53. The summed E-state index contributed by atoms with van der Waals surface area (Å²) in [6.07, 6.45) is 1.52. The molecule has 0 N–H and O–H groups in total. The maximum Gasteiger partial charge on any atom is 0.290 e. The summed E-state index contributed by atoms with van der Waals surface area (Å²) in [5, 5.41) is 0.701. The summed E-state index contributed by atoms with van der Waals surface area (Å²) in [6, 6.07) is 11.1. The summed E-state index contributed by atoms with van der Waals surface area (Å²) >= 11 is 7.76. The minimum absolute atomic E-state index is 0.0105. The third-order valence-corrected chi connectivity index (χ3v) is 4.51. The molecule has 19 heavy (non-hydrogen) atoms. The van der Waals surface area contributed by atoms with Gasteiger partial charge in [-0.1, -0.05) is 23.7 Å². The third kappa shape index (κ3) is 2.51. The number of carbonyl (C=O) groups is 1. The van der Waals surface area contributed by atoms with Crippen LogP contribution in [0.5, 0.6) is 0 Å². The first kappa shape index (κ1) is 12.6. The maximum absolute atomic E-state index is 12.4. The van der Waals surface area contributed by atoms with Crippen LogP contribution in [0.1, 0.15) is 21.5 Å². The van der Waals surface area contributed by atoms with Crippen molar-refractivity contribution in [1.29, 1.82) is 0 Å². The molecule has 2 heterocycles. The second-order valence-electron chi connectivity index (χ2n) is 4.25. The number of amides is 1. The van der Waals surface area contributed by atoms with E-state index in [9.17, 15) is 4.79 Å². The molecule has 1 aliphatic rings. The lowest BCUT2D eigenvalue weighted by Gasteiger charge is -2.23. The van der Waals surface area contributed by atoms with E-state index in [1.54, 1.807) is 23.9 Å². The Balaban J connectivity index is 1.88. The molecule has 0 aliphatic carbocycles. The van der Waals surface area contributed by atoms with Gasteiger partial charge in [-0.2, -0.15) is 0 Å². The Morgan fingerprint density at radius 2 is 2.26 bits per heavy atom. The van der Waals surface area contributed by atoms with Gasteiger partial charge < -0.3 is 9.32 Å². The molecule has 0 spiro atoms. The predicted molar refractivity (Wildman–Crippen MR) is 76.4 cm³/mol. The van der Waals surface area contributed by atoms with Crippen molar-refractivity contribution >= 4 is 29.3 Å². The Hall–Kier alpha value is -1.39. The molecule has 2 aromatic rings. The maximum atomic E-state index is 12.4. The molecule has 1 aliphatic heterocycles. The molecule has 0 bridgehead atoms. The number of halogens is 1. The Bertz CT molecular complexity index is 585. The van der Waals surface area contributed by atoms with Crippen LogP contribution in [-0.4, -0.2) is 23.1 Å². The topological polar surface area (TPSA) is 33.5 Å². The molecule has 1 fully saturated rings. The van der Waals surface area contributed by atoms with Gasteiger partial charge >= 0.3 is 0 Å². The average Bonchev–Trinajstić information content (AvgIpc) is 3.09. The molecule has 1 saturated heterocycles. The Morgan fingerprint density at radius 3 is 3.00 bits per heavy atom. The van der Waals surface area contributed by atoms with Gasteiger partial charge in [-0.25, -0.2) is 0 Å². The van der Waals surface area contributed by atoms with E-state index in [0.29, 0.717) is 10.8 Å². The molecule has 1 aromatic heterocycles. The lowest BCUT2D eigenvalue weighted by atomic mass is 10.2. The van der Waals surface area contributed by atoms with Crippen molar-refractivity contribution in [1.82, 2.24) is 4.90 Å². The first-order valence-electron chi connectivity index (χ1n) is 5.97. The van der Waals surface area contributed by atoms with Crippen molar-refractivity contribution in [3.05, 3.63) is 59.0 Å². The van der Waals surface area contributed by atoms with Gasteiger partial charge in [0, 0.05) is 17.3 Å². The molecular weight excluding hydrogens is 282 g/mol. The van der Waals surface area contributed by atoms with Crippen LogP contribution < -0.4 is 0 Å². The monoisotopic (exact) mass is 293 g/mol. The van der Waals surface area contributed by atoms with Crippen LogP contribution in [0, 0.1) is 0 Å². The predicted octanol–water partition coefficient (Wildman–Crippen LogP) is 3.82. The summed E-state index contributed by atoms with van der Waals surface area (Å²) in [6.45, 7) is 0.724. The highest BCUT2D eigenvalue weighted by Gasteiger charge is 2.32. The zero-order valence-electron chi connectivity index (χ0n) is 10.1. The zero-order chi connectivity index (χ0) is 13.2. The largest absolute Gasteiger partial charge is 0.459 e. The zero-order valence-corrected chi connectivity index (χ0v) is 11.7. The molecular formula is C14H12ClNO2S. The van der Waals surface area contributed by atoms with E-state index in [0.717, 1.165) is 17.9 Å². The molecule has 5 heteroatoms. The summed E-state index contributed by atoms with van der Waals surface area (Å²) in [5.74, 6) is 1.23. The number of hydrogen-bond acceptors (Lipinski definition) is 3. The van der Waals surface area contributed by atoms with Gasteiger partial charge in [0.1, 0.15) is 5.37 Å². The van der Waals surface area contributed by atoms with Crippen molar-refractivity contribution in [2.24, 2.45) is 0 Å². The van der Waals surface area contributed by atoms with E-state index in [-0.39, 0.29) is 11.3 Å². The first-order chi connectivity index (χ1) is 9.25. The molecule has 3 nitrogen and oxygen atoms in total. The molecule has 1 atom stereocenters. The van der Waals surface area contributed by atoms with Gasteiger partial charge in [0.2, 0.25) is 0 Å². The van der Waals surface area contributed by atoms with Crippen LogP contribution >= 0.6 is 23.4 Å². The Labute approximate surface area is 120 Å². The highest BCUT2D eigenvalue weighted by molar-refractivity contribution is 7.99. The smallest absolute Gasteiger partial charge is 0.290 e. The fraction of sp³-hybridized carbons (Fsp3) is 0.214. The minimum atomic E-state index is -0.0695. The summed E-state index contributed by atoms with van der Waals surface area (Å²) < 4.78 is 5.19.